The number of nitrogens with one attached hydrogen (secondary N) is 5. The van der Waals surface area contributed by atoms with Crippen LogP contribution in [0.1, 0.15) is 242 Å². The molecule has 9 N–H and O–H groups in total. The Morgan fingerprint density at radius 1 is 0.730 bits per heavy atom. The third-order valence-electron chi connectivity index (χ3n) is 15.5. The summed E-state index contributed by atoms with van der Waals surface area (Å²) in [6, 6.07) is 5.07. The molecule has 19 nitrogen and oxygen atoms in total. The summed E-state index contributed by atoms with van der Waals surface area (Å²) in [4.78, 5) is 67.3. The number of amides is 2. The van der Waals surface area contributed by atoms with Crippen LogP contribution in [0.15, 0.2) is 106 Å². The lowest BCUT2D eigenvalue weighted by Gasteiger charge is -2.29. The van der Waals surface area contributed by atoms with Gasteiger partial charge < -0.3 is 46.9 Å². The second-order valence-electron chi connectivity index (χ2n) is 23.5. The van der Waals surface area contributed by atoms with Gasteiger partial charge in [0.05, 0.1) is 37.3 Å². The summed E-state index contributed by atoms with van der Waals surface area (Å²) in [5, 5.41) is 41.4. The number of azo groups is 1. The molecule has 0 spiro atoms. The summed E-state index contributed by atoms with van der Waals surface area (Å²) < 4.78 is 6.36. The number of aliphatic carboxylic acids is 1. The normalized spacial score (nSPS) is 12.7. The van der Waals surface area contributed by atoms with E-state index in [2.05, 4.69) is 126 Å². The van der Waals surface area contributed by atoms with E-state index in [0.29, 0.717) is 36.5 Å². The van der Waals surface area contributed by atoms with Crippen molar-refractivity contribution in [1.82, 2.24) is 40.8 Å². The molecule has 1 atom stereocenters. The van der Waals surface area contributed by atoms with Gasteiger partial charge in [0.15, 0.2) is 17.0 Å². The van der Waals surface area contributed by atoms with Gasteiger partial charge in [0, 0.05) is 56.9 Å². The summed E-state index contributed by atoms with van der Waals surface area (Å²) in [6.07, 6.45) is 56.8. The summed E-state index contributed by atoms with van der Waals surface area (Å²) in [5.74, 6) is -3.36. The lowest BCUT2D eigenvalue weighted by Crippen LogP contribution is -2.41. The standard InChI is InChI=1S/C70H114N12O7/c1-5-7-9-11-13-15-17-19-21-23-25-27-29-31-33-37-48-70(88,49-38-34-32-30-28-26-24-22-20-18-16-14-12-10-8-6-2)89-53-41-52-82(4)51-40-36-35-39-50-73-54-61(81-72-3)57-75-63(83)47-46-62(68(86)87)78-66(84)58-42-44-59(45-43-58)74-55-60-56-76-65-64(77-60)67(85)80-69(71)79-65/h13-16,19-22,42-45,54,56,62,73-74,88H,5-12,17-18,23-41,46-53,55,57H2,1-4H3,(H,75,83)(H,78,84)(H,86,87)(H3,71,76,79,80,85)/b15-13-,16-14-,21-19-,22-20-,61-54-,81-72-/t62-/m0/s1. The second-order valence-corrected chi connectivity index (χ2v) is 23.5. The third-order valence-corrected chi connectivity index (χ3v) is 15.5. The fourth-order valence-corrected chi connectivity index (χ4v) is 10.2. The molecule has 0 unspecified atom stereocenters. The van der Waals surface area contributed by atoms with Gasteiger partial charge in [-0.15, -0.1) is 0 Å². The zero-order chi connectivity index (χ0) is 64.3. The number of hydrogen-bond donors (Lipinski definition) is 8. The number of hydrogen-bond acceptors (Lipinski definition) is 15. The number of fused-ring (bicyclic) bond motifs is 1. The van der Waals surface area contributed by atoms with Crippen LogP contribution in [0, 0.1) is 0 Å². The van der Waals surface area contributed by atoms with Crippen LogP contribution in [0.4, 0.5) is 11.6 Å². The number of nitrogen functional groups attached to an aromatic ring is 1. The predicted molar refractivity (Wildman–Crippen MR) is 364 cm³/mol. The molecule has 89 heavy (non-hydrogen) atoms. The van der Waals surface area contributed by atoms with Crippen LogP contribution in [0.3, 0.4) is 0 Å². The SMILES string of the molecule is CCCCC/C=C\C/C=C\CCCCCCCCC(O)(CCCCCCCC/C=C\C/C=C\CCCCC)OCCCN(C)CCCCCCN/C=C(CNC(=O)CC[C@H](NC(=O)c1ccc(NCc2cnc3nc(N)[nH]c(=O)c3n2)cc1)C(=O)O)\N=N/C. The second kappa shape index (κ2) is 50.2. The van der Waals surface area contributed by atoms with E-state index in [0.717, 1.165) is 103 Å². The van der Waals surface area contributed by atoms with Crippen LogP contribution in [0.2, 0.25) is 0 Å². The number of aliphatic hydroxyl groups is 1. The number of aromatic nitrogens is 4. The number of anilines is 2. The van der Waals surface area contributed by atoms with Gasteiger partial charge in [-0.05, 0) is 141 Å². The Bertz CT molecular complexity index is 2570. The van der Waals surface area contributed by atoms with Crippen molar-refractivity contribution in [3.05, 3.63) is 113 Å². The molecule has 3 rings (SSSR count). The Balaban J connectivity index is 1.29. The number of nitrogens with two attached hydrogens (primary N) is 1. The molecule has 0 aliphatic heterocycles. The first kappa shape index (κ1) is 76.7. The molecule has 0 saturated heterocycles. The van der Waals surface area contributed by atoms with Crippen LogP contribution in [-0.2, 0) is 20.9 Å². The first-order valence-electron chi connectivity index (χ1n) is 33.9. The first-order valence-corrected chi connectivity index (χ1v) is 33.9. The van der Waals surface area contributed by atoms with Crippen molar-refractivity contribution in [3.63, 3.8) is 0 Å². The van der Waals surface area contributed by atoms with E-state index >= 15 is 0 Å². The molecule has 2 amide bonds. The van der Waals surface area contributed by atoms with Gasteiger partial charge in [0.2, 0.25) is 11.9 Å². The molecule has 0 aliphatic carbocycles. The van der Waals surface area contributed by atoms with Crippen LogP contribution < -0.4 is 32.6 Å². The fraction of sp³-hybridized carbons (Fsp3) is 0.643. The third kappa shape index (κ3) is 38.6. The quantitative estimate of drug-likeness (QED) is 0.0113. The van der Waals surface area contributed by atoms with E-state index in [1.807, 2.05) is 0 Å². The minimum Gasteiger partial charge on any atom is -0.480 e. The Kier molecular flexibility index (Phi) is 43.3. The van der Waals surface area contributed by atoms with E-state index in [1.165, 1.54) is 121 Å². The average molecular weight is 1240 g/mol. The van der Waals surface area contributed by atoms with E-state index in [-0.39, 0.29) is 48.6 Å². The zero-order valence-electron chi connectivity index (χ0n) is 54.9. The largest absolute Gasteiger partial charge is 0.480 e. The highest BCUT2D eigenvalue weighted by molar-refractivity contribution is 5.97. The van der Waals surface area contributed by atoms with Gasteiger partial charge in [-0.1, -0.05) is 152 Å². The maximum Gasteiger partial charge on any atom is 0.326 e. The zero-order valence-corrected chi connectivity index (χ0v) is 54.9. The number of unbranched alkanes of at least 4 members (excludes halogenated alkanes) is 21. The van der Waals surface area contributed by atoms with Crippen LogP contribution in [0.25, 0.3) is 11.2 Å². The number of carbonyl (C=O) groups is 3. The van der Waals surface area contributed by atoms with Crippen LogP contribution in [-0.4, -0.2) is 112 Å². The number of allylic oxidation sites excluding steroid dienone is 8. The van der Waals surface area contributed by atoms with Gasteiger partial charge >= 0.3 is 5.97 Å². The summed E-state index contributed by atoms with van der Waals surface area (Å²) in [6.45, 7) is 8.03. The van der Waals surface area contributed by atoms with Gasteiger partial charge in [0.1, 0.15) is 6.04 Å². The molecule has 2 aromatic heterocycles. The molecule has 1 aromatic carbocycles. The van der Waals surface area contributed by atoms with Crippen molar-refractivity contribution in [2.24, 2.45) is 10.2 Å². The Morgan fingerprint density at radius 2 is 1.28 bits per heavy atom. The van der Waals surface area contributed by atoms with Crippen molar-refractivity contribution >= 4 is 40.6 Å². The maximum absolute atomic E-state index is 13.0. The topological polar surface area (TPSA) is 275 Å². The number of carboxylic acids is 1. The number of benzene rings is 1. The van der Waals surface area contributed by atoms with Crippen LogP contribution >= 0.6 is 0 Å². The number of nitrogens with zero attached hydrogens (tertiary/aromatic N) is 6. The average Bonchev–Trinajstić information content (AvgIpc) is 3.41. The van der Waals surface area contributed by atoms with E-state index in [9.17, 15) is 29.4 Å². The smallest absolute Gasteiger partial charge is 0.326 e. The van der Waals surface area contributed by atoms with Crippen molar-refractivity contribution in [1.29, 1.82) is 0 Å². The molecule has 0 aliphatic rings. The van der Waals surface area contributed by atoms with Gasteiger partial charge in [-0.3, -0.25) is 19.4 Å². The molecule has 0 saturated carbocycles. The number of carbonyl (C=O) groups excluding carboxylic acids is 2. The molecule has 19 heteroatoms. The van der Waals surface area contributed by atoms with Gasteiger partial charge in [-0.2, -0.15) is 15.2 Å². The summed E-state index contributed by atoms with van der Waals surface area (Å²) >= 11 is 0. The highest BCUT2D eigenvalue weighted by Gasteiger charge is 2.27. The molecular formula is C70H114N12O7. The first-order chi connectivity index (χ1) is 43.4. The molecule has 0 bridgehead atoms. The van der Waals surface area contributed by atoms with Crippen molar-refractivity contribution in [2.75, 3.05) is 57.9 Å². The number of carboxylic acid groups (broad SMARTS) is 1. The van der Waals surface area contributed by atoms with Crippen molar-refractivity contribution in [2.45, 2.75) is 244 Å². The highest BCUT2D eigenvalue weighted by Crippen LogP contribution is 2.26. The van der Waals surface area contributed by atoms with E-state index in [1.54, 1.807) is 25.4 Å². The Morgan fingerprint density at radius 3 is 1.87 bits per heavy atom. The number of rotatable bonds is 55. The maximum atomic E-state index is 13.0. The molecular weight excluding hydrogens is 1120 g/mol. The van der Waals surface area contributed by atoms with Crippen molar-refractivity contribution < 1.29 is 29.3 Å². The molecule has 2 heterocycles. The lowest BCUT2D eigenvalue weighted by molar-refractivity contribution is -0.214. The lowest BCUT2D eigenvalue weighted by atomic mass is 9.98. The van der Waals surface area contributed by atoms with E-state index in [4.69, 9.17) is 10.5 Å². The fourth-order valence-electron chi connectivity index (χ4n) is 10.2. The molecule has 0 radical (unpaired) electrons. The minimum atomic E-state index is -1.30. The highest BCUT2D eigenvalue weighted by atomic mass is 16.6. The van der Waals surface area contributed by atoms with E-state index < -0.39 is 35.2 Å². The van der Waals surface area contributed by atoms with Gasteiger partial charge in [0.25, 0.3) is 11.5 Å². The summed E-state index contributed by atoms with van der Waals surface area (Å²) in [5.41, 5.74) is 7.13. The van der Waals surface area contributed by atoms with Gasteiger partial charge in [-0.25, -0.2) is 14.8 Å². The van der Waals surface area contributed by atoms with Crippen molar-refractivity contribution in [3.8, 4) is 0 Å². The Hall–Kier alpha value is -6.57. The van der Waals surface area contributed by atoms with Crippen LogP contribution in [0.5, 0.6) is 0 Å². The number of aromatic amines is 1. The minimum absolute atomic E-state index is 0.0529. The number of H-pyrrole nitrogens is 1. The number of ether oxygens (including phenoxy) is 1. The molecule has 3 aromatic rings. The predicted octanol–water partition coefficient (Wildman–Crippen LogP) is 14.5. The molecule has 0 fully saturated rings. The monoisotopic (exact) mass is 1230 g/mol. The summed E-state index contributed by atoms with van der Waals surface area (Å²) in [7, 11) is 3.71. The molecule has 496 valence electrons. The Labute approximate surface area is 533 Å².